The summed E-state index contributed by atoms with van der Waals surface area (Å²) in [4.78, 5) is 3.08. The molecule has 2 aromatic rings. The zero-order valence-corrected chi connectivity index (χ0v) is 9.91. The van der Waals surface area contributed by atoms with Crippen LogP contribution in [0.15, 0.2) is 29.5 Å². The standard InChI is InChI=1S/C12H14N5O/c13-16-15-10-4-3-5-11-9(10)8-14-17(11)12-6-1-2-7-18-12/h3-5,8,12-13H,1-2,6-7H2/q+1. The maximum absolute atomic E-state index is 6.82. The van der Waals surface area contributed by atoms with Crippen LogP contribution < -0.4 is 4.91 Å². The average Bonchev–Trinajstić information content (AvgIpc) is 2.85. The van der Waals surface area contributed by atoms with Gasteiger partial charge in [0.2, 0.25) is 4.91 Å². The predicted molar refractivity (Wildman–Crippen MR) is 65.5 cm³/mol. The highest BCUT2D eigenvalue weighted by Gasteiger charge is 2.19. The average molecular weight is 244 g/mol. The fraction of sp³-hybridized carbons (Fsp3) is 0.417. The summed E-state index contributed by atoms with van der Waals surface area (Å²) in [5.41, 5.74) is 8.47. The van der Waals surface area contributed by atoms with Crippen LogP contribution >= 0.6 is 0 Å². The van der Waals surface area contributed by atoms with Gasteiger partial charge in [-0.15, -0.1) is 0 Å². The smallest absolute Gasteiger partial charge is 0.220 e. The number of fused-ring (bicyclic) bond motifs is 1. The SMILES string of the molecule is N=[N+]=Nc1cccc2c1cnn2C1CCCCO1. The Morgan fingerprint density at radius 2 is 2.39 bits per heavy atom. The lowest BCUT2D eigenvalue weighted by molar-refractivity contribution is -0.0366. The van der Waals surface area contributed by atoms with E-state index in [1.807, 2.05) is 22.9 Å². The summed E-state index contributed by atoms with van der Waals surface area (Å²) >= 11 is 0. The van der Waals surface area contributed by atoms with Crippen LogP contribution in [0.25, 0.3) is 10.9 Å². The fourth-order valence-corrected chi connectivity index (χ4v) is 2.34. The van der Waals surface area contributed by atoms with Gasteiger partial charge in [0.05, 0.1) is 17.1 Å². The topological polar surface area (TPSA) is 77.4 Å². The van der Waals surface area contributed by atoms with E-state index in [-0.39, 0.29) is 6.23 Å². The minimum Gasteiger partial charge on any atom is -0.356 e. The Balaban J connectivity index is 2.08. The Morgan fingerprint density at radius 1 is 1.44 bits per heavy atom. The van der Waals surface area contributed by atoms with E-state index in [9.17, 15) is 0 Å². The van der Waals surface area contributed by atoms with E-state index in [1.165, 1.54) is 0 Å². The number of hydrogen-bond donors (Lipinski definition) is 1. The number of ether oxygens (including phenoxy) is 1. The van der Waals surface area contributed by atoms with Crippen LogP contribution in [0.4, 0.5) is 5.69 Å². The normalized spacial score (nSPS) is 19.7. The number of hydrogen-bond acceptors (Lipinski definition) is 4. The van der Waals surface area contributed by atoms with Crippen molar-refractivity contribution < 1.29 is 4.74 Å². The van der Waals surface area contributed by atoms with E-state index in [0.717, 1.165) is 36.8 Å². The molecule has 1 saturated heterocycles. The second kappa shape index (κ2) is 4.68. The van der Waals surface area contributed by atoms with Gasteiger partial charge in [-0.2, -0.15) is 5.10 Å². The van der Waals surface area contributed by atoms with Crippen LogP contribution in [0.3, 0.4) is 0 Å². The minimum absolute atomic E-state index is 0.0134. The van der Waals surface area contributed by atoms with Crippen LogP contribution in [-0.4, -0.2) is 16.4 Å². The van der Waals surface area contributed by atoms with Crippen molar-refractivity contribution >= 4 is 16.6 Å². The van der Waals surface area contributed by atoms with Crippen molar-refractivity contribution in [1.82, 2.24) is 14.7 Å². The summed E-state index contributed by atoms with van der Waals surface area (Å²) in [6.07, 6.45) is 5.05. The predicted octanol–water partition coefficient (Wildman–Crippen LogP) is 2.92. The molecule has 1 fully saturated rings. The summed E-state index contributed by atoms with van der Waals surface area (Å²) in [6, 6.07) is 5.71. The van der Waals surface area contributed by atoms with Crippen LogP contribution in [0.2, 0.25) is 0 Å². The number of benzene rings is 1. The lowest BCUT2D eigenvalue weighted by Gasteiger charge is -2.23. The molecule has 0 radical (unpaired) electrons. The first-order valence-corrected chi connectivity index (χ1v) is 6.05. The van der Waals surface area contributed by atoms with Gasteiger partial charge in [-0.05, 0) is 31.4 Å². The van der Waals surface area contributed by atoms with Gasteiger partial charge >= 0.3 is 0 Å². The first-order valence-electron chi connectivity index (χ1n) is 6.05. The van der Waals surface area contributed by atoms with Gasteiger partial charge in [-0.25, -0.2) is 4.68 Å². The molecule has 1 unspecified atom stereocenters. The van der Waals surface area contributed by atoms with Crippen LogP contribution in [-0.2, 0) is 4.74 Å². The number of nitrogens with one attached hydrogen (secondary N) is 1. The molecule has 1 aromatic carbocycles. The van der Waals surface area contributed by atoms with Crippen molar-refractivity contribution in [3.63, 3.8) is 0 Å². The van der Waals surface area contributed by atoms with E-state index in [4.69, 9.17) is 10.3 Å². The fourth-order valence-electron chi connectivity index (χ4n) is 2.34. The molecule has 92 valence electrons. The molecule has 0 saturated carbocycles. The lowest BCUT2D eigenvalue weighted by atomic mass is 10.2. The molecule has 18 heavy (non-hydrogen) atoms. The maximum Gasteiger partial charge on any atom is 0.220 e. The zero-order chi connectivity index (χ0) is 12.4. The summed E-state index contributed by atoms with van der Waals surface area (Å²) in [6.45, 7) is 0.790. The first kappa shape index (κ1) is 11.1. The van der Waals surface area contributed by atoms with E-state index in [2.05, 4.69) is 15.1 Å². The van der Waals surface area contributed by atoms with Crippen molar-refractivity contribution in [2.45, 2.75) is 25.5 Å². The Labute approximate surface area is 104 Å². The quantitative estimate of drug-likeness (QED) is 0.651. The number of nitrogens with zero attached hydrogens (tertiary/aromatic N) is 4. The minimum atomic E-state index is 0.0134. The lowest BCUT2D eigenvalue weighted by Crippen LogP contribution is -2.18. The summed E-state index contributed by atoms with van der Waals surface area (Å²) in [7, 11) is 0. The highest BCUT2D eigenvalue weighted by atomic mass is 16.5. The van der Waals surface area contributed by atoms with Gasteiger partial charge in [0.1, 0.15) is 5.53 Å². The zero-order valence-electron chi connectivity index (χ0n) is 9.91. The molecule has 2 heterocycles. The van der Waals surface area contributed by atoms with Crippen LogP contribution in [0.1, 0.15) is 25.5 Å². The van der Waals surface area contributed by atoms with Gasteiger partial charge in [-0.1, -0.05) is 6.07 Å². The first-order chi connectivity index (χ1) is 8.90. The molecule has 1 atom stereocenters. The van der Waals surface area contributed by atoms with Gasteiger partial charge in [0.15, 0.2) is 17.0 Å². The van der Waals surface area contributed by atoms with Gasteiger partial charge < -0.3 is 4.74 Å². The molecule has 1 aliphatic rings. The van der Waals surface area contributed by atoms with Gasteiger partial charge in [-0.3, -0.25) is 0 Å². The second-order valence-corrected chi connectivity index (χ2v) is 4.32. The third-order valence-corrected chi connectivity index (χ3v) is 3.20. The molecule has 6 nitrogen and oxygen atoms in total. The molecule has 1 aromatic heterocycles. The summed E-state index contributed by atoms with van der Waals surface area (Å²) in [5, 5.41) is 9.09. The highest BCUT2D eigenvalue weighted by molar-refractivity contribution is 5.89. The molecule has 0 bridgehead atoms. The molecule has 3 rings (SSSR count). The third kappa shape index (κ3) is 1.81. The van der Waals surface area contributed by atoms with E-state index < -0.39 is 0 Å². The maximum atomic E-state index is 6.82. The molecule has 0 aliphatic carbocycles. The Morgan fingerprint density at radius 3 is 3.17 bits per heavy atom. The molecule has 0 spiro atoms. The molecule has 1 aliphatic heterocycles. The third-order valence-electron chi connectivity index (χ3n) is 3.20. The second-order valence-electron chi connectivity index (χ2n) is 4.32. The Kier molecular flexibility index (Phi) is 2.88. The van der Waals surface area contributed by atoms with E-state index >= 15 is 0 Å². The summed E-state index contributed by atoms with van der Waals surface area (Å²) < 4.78 is 7.64. The van der Waals surface area contributed by atoms with Crippen LogP contribution in [0.5, 0.6) is 0 Å². The van der Waals surface area contributed by atoms with Crippen molar-refractivity contribution in [3.05, 3.63) is 24.4 Å². The number of aromatic nitrogens is 2. The van der Waals surface area contributed by atoms with Crippen molar-refractivity contribution in [1.29, 1.82) is 5.53 Å². The van der Waals surface area contributed by atoms with Crippen molar-refractivity contribution in [2.24, 2.45) is 5.11 Å². The highest BCUT2D eigenvalue weighted by Crippen LogP contribution is 2.30. The molecular weight excluding hydrogens is 230 g/mol. The van der Waals surface area contributed by atoms with Crippen LogP contribution in [0, 0.1) is 5.53 Å². The van der Waals surface area contributed by atoms with Crippen molar-refractivity contribution in [2.75, 3.05) is 6.61 Å². The van der Waals surface area contributed by atoms with Gasteiger partial charge in [0.25, 0.3) is 0 Å². The van der Waals surface area contributed by atoms with Crippen molar-refractivity contribution in [3.8, 4) is 0 Å². The Hall–Kier alpha value is -2.04. The largest absolute Gasteiger partial charge is 0.356 e. The Bertz CT molecular complexity index is 608. The van der Waals surface area contributed by atoms with E-state index in [1.54, 1.807) is 6.20 Å². The summed E-state index contributed by atoms with van der Waals surface area (Å²) in [5.74, 6) is 0. The molecular formula is C12H14N5O+. The van der Waals surface area contributed by atoms with Gasteiger partial charge in [0, 0.05) is 6.61 Å². The molecule has 1 N–H and O–H groups in total. The number of rotatable bonds is 2. The monoisotopic (exact) mass is 244 g/mol. The van der Waals surface area contributed by atoms with E-state index in [0.29, 0.717) is 5.69 Å². The molecule has 6 heteroatoms. The molecule has 0 amide bonds.